The highest BCUT2D eigenvalue weighted by molar-refractivity contribution is 6.25. The van der Waals surface area contributed by atoms with E-state index >= 15 is 0 Å². The summed E-state index contributed by atoms with van der Waals surface area (Å²) >= 11 is 0. The second-order valence-electron chi connectivity index (χ2n) is 15.3. The molecule has 0 aliphatic heterocycles. The maximum Gasteiger partial charge on any atom is 0.0620 e. The quantitative estimate of drug-likeness (QED) is 0.112. The molecule has 282 valence electrons. The number of benzene rings is 11. The average Bonchev–Trinajstić information content (AvgIpc) is 3.33. The molecule has 11 rings (SSSR count). The fourth-order valence-corrected chi connectivity index (χ4v) is 9.02. The van der Waals surface area contributed by atoms with E-state index in [2.05, 4.69) is 252 Å². The van der Waals surface area contributed by atoms with Gasteiger partial charge < -0.3 is 9.80 Å². The lowest BCUT2D eigenvalue weighted by Gasteiger charge is -2.34. The average molecular weight is 765 g/mol. The highest BCUT2D eigenvalue weighted by Crippen LogP contribution is 2.53. The van der Waals surface area contributed by atoms with Crippen LogP contribution in [0.5, 0.6) is 0 Å². The standard InChI is InChI=1S/C58H40N2/c1-5-19-41(20-6-1)45-35-37-51-53(39-45)57(59(47-27-9-3-10-28-47)55-33-17-25-43-23-13-15-31-49(43)55)52-38-36-46(42-21-7-2-8-22-42)40-54(52)58(51)60(48-29-11-4-12-30-48)56-34-18-26-44-24-14-16-32-50(44)56/h1-40H. The van der Waals surface area contributed by atoms with E-state index in [1.54, 1.807) is 0 Å². The summed E-state index contributed by atoms with van der Waals surface area (Å²) in [6, 6.07) is 88.2. The van der Waals surface area contributed by atoms with Crippen LogP contribution in [0.2, 0.25) is 0 Å². The third-order valence-electron chi connectivity index (χ3n) is 11.8. The molecule has 0 spiro atoms. The molecular weight excluding hydrogens is 725 g/mol. The molecule has 0 N–H and O–H groups in total. The second-order valence-corrected chi connectivity index (χ2v) is 15.3. The molecule has 60 heavy (non-hydrogen) atoms. The summed E-state index contributed by atoms with van der Waals surface area (Å²) in [6.45, 7) is 0. The third-order valence-corrected chi connectivity index (χ3v) is 11.8. The Labute approximate surface area is 350 Å². The minimum absolute atomic E-state index is 1.09. The van der Waals surface area contributed by atoms with Gasteiger partial charge in [0.1, 0.15) is 0 Å². The van der Waals surface area contributed by atoms with Gasteiger partial charge in [-0.2, -0.15) is 0 Å². The molecule has 0 fully saturated rings. The highest BCUT2D eigenvalue weighted by atomic mass is 15.2. The highest BCUT2D eigenvalue weighted by Gasteiger charge is 2.27. The number of nitrogens with zero attached hydrogens (tertiary/aromatic N) is 2. The molecule has 0 aromatic heterocycles. The van der Waals surface area contributed by atoms with E-state index in [0.29, 0.717) is 0 Å². The van der Waals surface area contributed by atoms with Gasteiger partial charge in [0, 0.05) is 43.7 Å². The van der Waals surface area contributed by atoms with Gasteiger partial charge in [0.15, 0.2) is 0 Å². The van der Waals surface area contributed by atoms with Crippen molar-refractivity contribution in [2.75, 3.05) is 9.80 Å². The van der Waals surface area contributed by atoms with Crippen LogP contribution < -0.4 is 9.80 Å². The van der Waals surface area contributed by atoms with Crippen LogP contribution in [0.1, 0.15) is 0 Å². The number of anilines is 6. The van der Waals surface area contributed by atoms with E-state index in [1.807, 2.05) is 0 Å². The lowest BCUT2D eigenvalue weighted by atomic mass is 9.90. The molecule has 0 atom stereocenters. The van der Waals surface area contributed by atoms with Crippen molar-refractivity contribution in [1.29, 1.82) is 0 Å². The molecule has 0 saturated carbocycles. The topological polar surface area (TPSA) is 6.48 Å². The molecule has 0 unspecified atom stereocenters. The normalized spacial score (nSPS) is 11.3. The summed E-state index contributed by atoms with van der Waals surface area (Å²) in [5.41, 5.74) is 11.4. The van der Waals surface area contributed by atoms with E-state index < -0.39 is 0 Å². The number of para-hydroxylation sites is 2. The predicted octanol–water partition coefficient (Wildman–Crippen LogP) is 16.6. The fourth-order valence-electron chi connectivity index (χ4n) is 9.02. The van der Waals surface area contributed by atoms with E-state index in [0.717, 1.165) is 66.8 Å². The van der Waals surface area contributed by atoms with Gasteiger partial charge in [0.05, 0.1) is 22.7 Å². The minimum atomic E-state index is 1.09. The van der Waals surface area contributed by atoms with Crippen molar-refractivity contribution < 1.29 is 0 Å². The van der Waals surface area contributed by atoms with Gasteiger partial charge in [-0.1, -0.05) is 194 Å². The molecule has 2 nitrogen and oxygen atoms in total. The zero-order valence-electron chi connectivity index (χ0n) is 33.0. The van der Waals surface area contributed by atoms with Crippen LogP contribution in [0.4, 0.5) is 34.1 Å². The minimum Gasteiger partial charge on any atom is -0.309 e. The second kappa shape index (κ2) is 15.1. The van der Waals surface area contributed by atoms with E-state index in [1.165, 1.54) is 32.7 Å². The van der Waals surface area contributed by atoms with Crippen LogP contribution in [0.3, 0.4) is 0 Å². The Hall–Kier alpha value is -7.94. The zero-order chi connectivity index (χ0) is 39.8. The summed E-state index contributed by atoms with van der Waals surface area (Å²) in [5, 5.41) is 9.40. The van der Waals surface area contributed by atoms with Crippen LogP contribution in [-0.2, 0) is 0 Å². The maximum absolute atomic E-state index is 2.50. The lowest BCUT2D eigenvalue weighted by Crippen LogP contribution is -2.15. The van der Waals surface area contributed by atoms with Crippen molar-refractivity contribution in [3.05, 3.63) is 243 Å². The molecule has 0 heterocycles. The van der Waals surface area contributed by atoms with Gasteiger partial charge in [-0.3, -0.25) is 0 Å². The van der Waals surface area contributed by atoms with Crippen molar-refractivity contribution in [2.24, 2.45) is 0 Å². The first-order chi connectivity index (χ1) is 29.8. The SMILES string of the molecule is c1ccc(-c2ccc3c(N(c4ccccc4)c4cccc5ccccc45)c4cc(-c5ccccc5)ccc4c(N(c4ccccc4)c4cccc5ccccc45)c3c2)cc1. The number of hydrogen-bond donors (Lipinski definition) is 0. The number of fused-ring (bicyclic) bond motifs is 4. The van der Waals surface area contributed by atoms with Gasteiger partial charge in [-0.15, -0.1) is 0 Å². The Bertz CT molecular complexity index is 3070. The van der Waals surface area contributed by atoms with Crippen LogP contribution in [0.25, 0.3) is 65.3 Å². The summed E-state index contributed by atoms with van der Waals surface area (Å²) in [4.78, 5) is 5.00. The summed E-state index contributed by atoms with van der Waals surface area (Å²) in [7, 11) is 0. The van der Waals surface area contributed by atoms with Gasteiger partial charge in [0.25, 0.3) is 0 Å². The summed E-state index contributed by atoms with van der Waals surface area (Å²) < 4.78 is 0. The van der Waals surface area contributed by atoms with Crippen LogP contribution in [0.15, 0.2) is 243 Å². The van der Waals surface area contributed by atoms with Crippen molar-refractivity contribution >= 4 is 77.2 Å². The lowest BCUT2D eigenvalue weighted by molar-refractivity contribution is 1.31. The molecule has 0 bridgehead atoms. The van der Waals surface area contributed by atoms with Crippen LogP contribution in [-0.4, -0.2) is 0 Å². The van der Waals surface area contributed by atoms with Gasteiger partial charge >= 0.3 is 0 Å². The zero-order valence-corrected chi connectivity index (χ0v) is 33.0. The molecule has 0 radical (unpaired) electrons. The largest absolute Gasteiger partial charge is 0.309 e. The number of hydrogen-bond acceptors (Lipinski definition) is 2. The van der Waals surface area contributed by atoms with Crippen LogP contribution in [0, 0.1) is 0 Å². The molecule has 11 aromatic carbocycles. The first-order valence-corrected chi connectivity index (χ1v) is 20.6. The Kier molecular flexibility index (Phi) is 8.87. The Morgan fingerprint density at radius 1 is 0.217 bits per heavy atom. The molecule has 0 aliphatic rings. The predicted molar refractivity (Wildman–Crippen MR) is 257 cm³/mol. The van der Waals surface area contributed by atoms with Gasteiger partial charge in [0.2, 0.25) is 0 Å². The summed E-state index contributed by atoms with van der Waals surface area (Å²) in [6.07, 6.45) is 0. The maximum atomic E-state index is 2.50. The molecular formula is C58H40N2. The van der Waals surface area contributed by atoms with Crippen molar-refractivity contribution in [3.63, 3.8) is 0 Å². The van der Waals surface area contributed by atoms with E-state index in [4.69, 9.17) is 0 Å². The monoisotopic (exact) mass is 764 g/mol. The van der Waals surface area contributed by atoms with Gasteiger partial charge in [-0.25, -0.2) is 0 Å². The van der Waals surface area contributed by atoms with E-state index in [9.17, 15) is 0 Å². The van der Waals surface area contributed by atoms with Crippen molar-refractivity contribution in [3.8, 4) is 22.3 Å². The van der Waals surface area contributed by atoms with E-state index in [-0.39, 0.29) is 0 Å². The Balaban J connectivity index is 1.35. The molecule has 0 saturated heterocycles. The third kappa shape index (κ3) is 6.14. The first kappa shape index (κ1) is 35.2. The smallest absolute Gasteiger partial charge is 0.0620 e. The van der Waals surface area contributed by atoms with Crippen molar-refractivity contribution in [2.45, 2.75) is 0 Å². The summed E-state index contributed by atoms with van der Waals surface area (Å²) in [5.74, 6) is 0. The number of rotatable bonds is 8. The molecule has 11 aromatic rings. The molecule has 0 aliphatic carbocycles. The van der Waals surface area contributed by atoms with Gasteiger partial charge in [-0.05, 0) is 81.6 Å². The molecule has 0 amide bonds. The van der Waals surface area contributed by atoms with Crippen LogP contribution >= 0.6 is 0 Å². The Morgan fingerprint density at radius 3 is 0.983 bits per heavy atom. The Morgan fingerprint density at radius 2 is 0.567 bits per heavy atom. The van der Waals surface area contributed by atoms with Crippen molar-refractivity contribution in [1.82, 2.24) is 0 Å². The molecule has 2 heteroatoms. The first-order valence-electron chi connectivity index (χ1n) is 20.6. The fraction of sp³-hybridized carbons (Fsp3) is 0.